The molecule has 1 aromatic carbocycles. The highest BCUT2D eigenvalue weighted by molar-refractivity contribution is 5.43. The van der Waals surface area contributed by atoms with E-state index in [2.05, 4.69) is 10.2 Å². The zero-order valence-electron chi connectivity index (χ0n) is 14.0. The third kappa shape index (κ3) is 5.27. The average Bonchev–Trinajstić information content (AvgIpc) is 2.53. The summed E-state index contributed by atoms with van der Waals surface area (Å²) >= 11 is 0. The average molecular weight is 321 g/mol. The number of piperidine rings is 1. The van der Waals surface area contributed by atoms with Gasteiger partial charge >= 0.3 is 0 Å². The summed E-state index contributed by atoms with van der Waals surface area (Å²) in [5, 5.41) is 23.9. The zero-order chi connectivity index (χ0) is 16.8. The van der Waals surface area contributed by atoms with E-state index in [1.165, 1.54) is 0 Å². The monoisotopic (exact) mass is 321 g/mol. The Morgan fingerprint density at radius 2 is 2.13 bits per heavy atom. The minimum absolute atomic E-state index is 0.0949. The van der Waals surface area contributed by atoms with E-state index in [0.717, 1.165) is 51.0 Å². The van der Waals surface area contributed by atoms with Crippen LogP contribution in [0.25, 0.3) is 0 Å². The van der Waals surface area contributed by atoms with Gasteiger partial charge in [-0.15, -0.1) is 0 Å². The number of benzene rings is 1. The minimum Gasteiger partial charge on any atom is -0.393 e. The maximum Gasteiger partial charge on any atom is 0.272 e. The first-order valence-corrected chi connectivity index (χ1v) is 8.36. The second kappa shape index (κ2) is 8.38. The van der Waals surface area contributed by atoms with Crippen LogP contribution in [-0.2, 0) is 0 Å². The maximum atomic E-state index is 11.0. The third-order valence-corrected chi connectivity index (χ3v) is 4.59. The number of likely N-dealkylation sites (tertiary alicyclic amines) is 1. The Labute approximate surface area is 137 Å². The topological polar surface area (TPSA) is 78.6 Å². The van der Waals surface area contributed by atoms with Crippen molar-refractivity contribution in [1.82, 2.24) is 10.2 Å². The highest BCUT2D eigenvalue weighted by Crippen LogP contribution is 2.23. The molecule has 1 saturated heterocycles. The Morgan fingerprint density at radius 3 is 2.78 bits per heavy atom. The molecule has 0 amide bonds. The van der Waals surface area contributed by atoms with Crippen LogP contribution in [0.4, 0.5) is 5.69 Å². The Kier molecular flexibility index (Phi) is 6.50. The number of aryl methyl sites for hydroxylation is 1. The van der Waals surface area contributed by atoms with Crippen LogP contribution in [0, 0.1) is 17.0 Å². The van der Waals surface area contributed by atoms with Gasteiger partial charge in [-0.05, 0) is 51.8 Å². The smallest absolute Gasteiger partial charge is 0.272 e. The molecule has 0 aromatic heterocycles. The molecule has 1 fully saturated rings. The van der Waals surface area contributed by atoms with Gasteiger partial charge in [0.1, 0.15) is 0 Å². The highest BCUT2D eigenvalue weighted by Gasteiger charge is 2.17. The first-order valence-electron chi connectivity index (χ1n) is 8.36. The van der Waals surface area contributed by atoms with Crippen LogP contribution in [0.15, 0.2) is 18.2 Å². The van der Waals surface area contributed by atoms with E-state index in [-0.39, 0.29) is 22.8 Å². The van der Waals surface area contributed by atoms with Crippen LogP contribution in [0.3, 0.4) is 0 Å². The van der Waals surface area contributed by atoms with Gasteiger partial charge in [0.2, 0.25) is 0 Å². The summed E-state index contributed by atoms with van der Waals surface area (Å²) in [4.78, 5) is 13.1. The lowest BCUT2D eigenvalue weighted by molar-refractivity contribution is -0.385. The summed E-state index contributed by atoms with van der Waals surface area (Å²) in [6.45, 7) is 7.64. The van der Waals surface area contributed by atoms with Crippen molar-refractivity contribution >= 4 is 5.69 Å². The molecule has 0 saturated carbocycles. The number of nitrogens with zero attached hydrogens (tertiary/aromatic N) is 2. The normalized spacial score (nSPS) is 18.0. The van der Waals surface area contributed by atoms with E-state index >= 15 is 0 Å². The lowest BCUT2D eigenvalue weighted by Gasteiger charge is -2.29. The van der Waals surface area contributed by atoms with Gasteiger partial charge in [0.25, 0.3) is 5.69 Å². The summed E-state index contributed by atoms with van der Waals surface area (Å²) in [6.07, 6.45) is 2.66. The number of rotatable bonds is 7. The Balaban J connectivity index is 1.75. The van der Waals surface area contributed by atoms with Gasteiger partial charge in [0.05, 0.1) is 11.0 Å². The molecule has 1 heterocycles. The summed E-state index contributed by atoms with van der Waals surface area (Å²) in [5.74, 6) is 0. The lowest BCUT2D eigenvalue weighted by atomic mass is 10.0. The summed E-state index contributed by atoms with van der Waals surface area (Å²) in [5.41, 5.74) is 1.82. The van der Waals surface area contributed by atoms with Crippen LogP contribution < -0.4 is 5.32 Å². The molecule has 0 bridgehead atoms. The molecule has 6 heteroatoms. The molecular weight excluding hydrogens is 294 g/mol. The number of aliphatic hydroxyl groups excluding tert-OH is 1. The number of hydrogen-bond donors (Lipinski definition) is 2. The van der Waals surface area contributed by atoms with Crippen molar-refractivity contribution in [2.75, 3.05) is 26.2 Å². The van der Waals surface area contributed by atoms with Crippen LogP contribution in [0.5, 0.6) is 0 Å². The molecule has 2 rings (SSSR count). The largest absolute Gasteiger partial charge is 0.393 e. The van der Waals surface area contributed by atoms with Crippen LogP contribution in [-0.4, -0.2) is 47.2 Å². The van der Waals surface area contributed by atoms with E-state index in [0.29, 0.717) is 5.56 Å². The van der Waals surface area contributed by atoms with Crippen LogP contribution >= 0.6 is 0 Å². The first-order chi connectivity index (χ1) is 11.0. The highest BCUT2D eigenvalue weighted by atomic mass is 16.6. The van der Waals surface area contributed by atoms with Crippen molar-refractivity contribution in [2.24, 2.45) is 0 Å². The SMILES string of the molecule is Cc1ccc(C(C)NCCCN2CCC(O)CC2)cc1[N+](=O)[O-]. The molecule has 128 valence electrons. The fourth-order valence-electron chi connectivity index (χ4n) is 2.97. The van der Waals surface area contributed by atoms with Gasteiger partial charge < -0.3 is 15.3 Å². The van der Waals surface area contributed by atoms with Crippen molar-refractivity contribution in [2.45, 2.75) is 45.3 Å². The van der Waals surface area contributed by atoms with Gasteiger partial charge in [-0.3, -0.25) is 10.1 Å². The Bertz CT molecular complexity index is 528. The van der Waals surface area contributed by atoms with E-state index in [4.69, 9.17) is 0 Å². The van der Waals surface area contributed by atoms with E-state index < -0.39 is 0 Å². The Hall–Kier alpha value is -1.50. The molecule has 1 aliphatic heterocycles. The van der Waals surface area contributed by atoms with Gasteiger partial charge in [-0.2, -0.15) is 0 Å². The molecule has 0 aliphatic carbocycles. The molecule has 1 atom stereocenters. The molecular formula is C17H27N3O3. The maximum absolute atomic E-state index is 11.0. The number of nitro groups is 1. The summed E-state index contributed by atoms with van der Waals surface area (Å²) in [7, 11) is 0. The predicted octanol–water partition coefficient (Wildman–Crippen LogP) is 2.40. The van der Waals surface area contributed by atoms with Crippen molar-refractivity contribution in [3.63, 3.8) is 0 Å². The van der Waals surface area contributed by atoms with Gasteiger partial charge in [-0.1, -0.05) is 12.1 Å². The number of hydrogen-bond acceptors (Lipinski definition) is 5. The van der Waals surface area contributed by atoms with Crippen molar-refractivity contribution < 1.29 is 10.0 Å². The van der Waals surface area contributed by atoms with Crippen LogP contribution in [0.1, 0.15) is 43.4 Å². The number of nitro benzene ring substituents is 1. The molecule has 1 aromatic rings. The van der Waals surface area contributed by atoms with Gasteiger partial charge in [-0.25, -0.2) is 0 Å². The third-order valence-electron chi connectivity index (χ3n) is 4.59. The van der Waals surface area contributed by atoms with Crippen molar-refractivity contribution in [1.29, 1.82) is 0 Å². The fourth-order valence-corrected chi connectivity index (χ4v) is 2.97. The lowest BCUT2D eigenvalue weighted by Crippen LogP contribution is -2.37. The molecule has 1 aliphatic rings. The molecule has 0 spiro atoms. The second-order valence-electron chi connectivity index (χ2n) is 6.41. The summed E-state index contributed by atoms with van der Waals surface area (Å²) in [6, 6.07) is 5.52. The standard InChI is InChI=1S/C17H27N3O3/c1-13-4-5-15(12-17(13)20(22)23)14(2)18-8-3-9-19-10-6-16(21)7-11-19/h4-5,12,14,16,18,21H,3,6-11H2,1-2H3. The van der Waals surface area contributed by atoms with Gasteiger partial charge in [0.15, 0.2) is 0 Å². The number of nitrogens with one attached hydrogen (secondary N) is 1. The van der Waals surface area contributed by atoms with E-state index in [1.807, 2.05) is 19.1 Å². The fraction of sp³-hybridized carbons (Fsp3) is 0.647. The molecule has 6 nitrogen and oxygen atoms in total. The molecule has 2 N–H and O–H groups in total. The number of aliphatic hydroxyl groups is 1. The van der Waals surface area contributed by atoms with Crippen LogP contribution in [0.2, 0.25) is 0 Å². The second-order valence-corrected chi connectivity index (χ2v) is 6.41. The van der Waals surface area contributed by atoms with Crippen molar-refractivity contribution in [3.05, 3.63) is 39.4 Å². The zero-order valence-corrected chi connectivity index (χ0v) is 14.0. The predicted molar refractivity (Wildman–Crippen MR) is 90.5 cm³/mol. The van der Waals surface area contributed by atoms with Gasteiger partial charge in [0, 0.05) is 30.8 Å². The van der Waals surface area contributed by atoms with Crippen molar-refractivity contribution in [3.8, 4) is 0 Å². The first kappa shape index (κ1) is 17.8. The van der Waals surface area contributed by atoms with E-state index in [9.17, 15) is 15.2 Å². The minimum atomic E-state index is -0.323. The summed E-state index contributed by atoms with van der Waals surface area (Å²) < 4.78 is 0. The molecule has 0 radical (unpaired) electrons. The molecule has 23 heavy (non-hydrogen) atoms. The quantitative estimate of drug-likeness (QED) is 0.458. The van der Waals surface area contributed by atoms with E-state index in [1.54, 1.807) is 13.0 Å². The Morgan fingerprint density at radius 1 is 1.43 bits per heavy atom. The molecule has 1 unspecified atom stereocenters.